The van der Waals surface area contributed by atoms with Crippen LogP contribution in [-0.4, -0.2) is 107 Å². The van der Waals surface area contributed by atoms with Gasteiger partial charge in [0.2, 0.25) is 5.91 Å². The largest absolute Gasteiger partial charge is 0.493 e. The lowest BCUT2D eigenvalue weighted by Gasteiger charge is -2.26. The van der Waals surface area contributed by atoms with E-state index in [1.54, 1.807) is 20.3 Å². The third kappa shape index (κ3) is 9.56. The first-order valence-corrected chi connectivity index (χ1v) is 16.9. The molecular weight excluding hydrogens is 628 g/mol. The summed E-state index contributed by atoms with van der Waals surface area (Å²) in [4.78, 5) is 30.4. The molecule has 3 aromatic rings. The van der Waals surface area contributed by atoms with Crippen LogP contribution in [0.2, 0.25) is 0 Å². The van der Waals surface area contributed by atoms with E-state index in [2.05, 4.69) is 26.5 Å². The number of aryl methyl sites for hydroxylation is 1. The average molecular weight is 675 g/mol. The summed E-state index contributed by atoms with van der Waals surface area (Å²) in [6.45, 7) is 6.84. The molecule has 6 heterocycles. The van der Waals surface area contributed by atoms with Crippen molar-refractivity contribution in [1.82, 2.24) is 20.4 Å². The van der Waals surface area contributed by atoms with Gasteiger partial charge in [-0.05, 0) is 59.5 Å². The summed E-state index contributed by atoms with van der Waals surface area (Å²) in [5.74, 6) is 2.80. The fourth-order valence-corrected chi connectivity index (χ4v) is 6.32. The number of carbonyl (C=O) groups is 2. The fraction of sp³-hybridized carbons (Fsp3) is 0.459. The molecule has 0 aliphatic carbocycles. The Morgan fingerprint density at radius 1 is 0.816 bits per heavy atom. The van der Waals surface area contributed by atoms with Crippen LogP contribution in [0.3, 0.4) is 0 Å². The highest BCUT2D eigenvalue weighted by atomic mass is 16.5. The van der Waals surface area contributed by atoms with Crippen molar-refractivity contribution >= 4 is 11.8 Å². The maximum absolute atomic E-state index is 13.3. The number of methoxy groups -OCH3 is 2. The molecule has 2 amide bonds. The number of likely N-dealkylation sites (tertiary alicyclic amines) is 1. The van der Waals surface area contributed by atoms with Gasteiger partial charge in [0.15, 0.2) is 29.6 Å². The van der Waals surface area contributed by atoms with Crippen LogP contribution in [0.4, 0.5) is 0 Å². The predicted octanol–water partition coefficient (Wildman–Crippen LogP) is 2.80. The van der Waals surface area contributed by atoms with Crippen LogP contribution in [0.15, 0.2) is 60.7 Å². The number of nitrogens with one attached hydrogen (secondary N) is 2. The van der Waals surface area contributed by atoms with E-state index in [4.69, 9.17) is 28.4 Å². The van der Waals surface area contributed by atoms with E-state index in [9.17, 15) is 9.59 Å². The second-order valence-electron chi connectivity index (χ2n) is 12.5. The number of ether oxygens (including phenoxy) is 6. The van der Waals surface area contributed by atoms with E-state index in [1.807, 2.05) is 48.5 Å². The summed E-state index contributed by atoms with van der Waals surface area (Å²) < 4.78 is 35.0. The molecule has 6 aliphatic heterocycles. The van der Waals surface area contributed by atoms with Crippen molar-refractivity contribution in [3.63, 3.8) is 0 Å². The Balaban J connectivity index is 1.15. The van der Waals surface area contributed by atoms with Gasteiger partial charge in [0.25, 0.3) is 5.91 Å². The standard InChI is InChI=1S/C37H46N4O8/c1-44-31-10-6-28(20-34(31)47-18-15-40-13-16-46-17-14-40)22-41-23-30-35(24-41)49-29-8-3-27(4-9-29)21-38-37(43)25-48-32-11-5-26(19-33(32)45-2)7-12-36(42)39-30/h3-6,8-11,19-20,30,35H,7,12-18,21-25H2,1-2H3,(H,38,43)(H,39,42)/t30-,35-/m0/s1. The third-order valence-corrected chi connectivity index (χ3v) is 9.02. The minimum atomic E-state index is -0.265. The first-order valence-electron chi connectivity index (χ1n) is 16.9. The molecule has 0 radical (unpaired) electrons. The van der Waals surface area contributed by atoms with Gasteiger partial charge in [-0.25, -0.2) is 0 Å². The summed E-state index contributed by atoms with van der Waals surface area (Å²) in [7, 11) is 3.21. The van der Waals surface area contributed by atoms with Crippen molar-refractivity contribution in [3.05, 3.63) is 77.4 Å². The van der Waals surface area contributed by atoms with E-state index in [0.29, 0.717) is 74.4 Å². The van der Waals surface area contributed by atoms with Gasteiger partial charge >= 0.3 is 0 Å². The summed E-state index contributed by atoms with van der Waals surface area (Å²) in [6, 6.07) is 19.0. The Morgan fingerprint density at radius 2 is 1.61 bits per heavy atom. The Hall–Kier alpha value is -4.52. The molecule has 6 aliphatic rings. The van der Waals surface area contributed by atoms with Crippen LogP contribution in [0.5, 0.6) is 28.7 Å². The molecule has 262 valence electrons. The van der Waals surface area contributed by atoms with Crippen molar-refractivity contribution in [3.8, 4) is 28.7 Å². The lowest BCUT2D eigenvalue weighted by atomic mass is 10.1. The minimum absolute atomic E-state index is 0.0541. The topological polar surface area (TPSA) is 120 Å². The van der Waals surface area contributed by atoms with Gasteiger partial charge in [-0.3, -0.25) is 19.4 Å². The van der Waals surface area contributed by atoms with Gasteiger partial charge in [0.05, 0.1) is 33.5 Å². The van der Waals surface area contributed by atoms with Crippen LogP contribution in [0, 0.1) is 0 Å². The molecule has 2 saturated heterocycles. The van der Waals surface area contributed by atoms with E-state index >= 15 is 0 Å². The molecule has 12 heteroatoms. The van der Waals surface area contributed by atoms with Gasteiger partial charge in [-0.15, -0.1) is 0 Å². The quantitative estimate of drug-likeness (QED) is 0.369. The maximum Gasteiger partial charge on any atom is 0.258 e. The van der Waals surface area contributed by atoms with Crippen molar-refractivity contribution in [2.24, 2.45) is 0 Å². The second-order valence-corrected chi connectivity index (χ2v) is 12.5. The van der Waals surface area contributed by atoms with Crippen molar-refractivity contribution in [2.45, 2.75) is 38.1 Å². The number of carbonyl (C=O) groups excluding carboxylic acids is 2. The third-order valence-electron chi connectivity index (χ3n) is 9.02. The number of amides is 2. The smallest absolute Gasteiger partial charge is 0.258 e. The number of morpholine rings is 1. The molecule has 0 aromatic heterocycles. The molecule has 0 spiro atoms. The SMILES string of the molecule is COc1ccc(CN2C[C@@H]3NC(=O)CCc4ccc(c(OC)c4)OCC(=O)NCc4ccc(cc4)O[C@H]3C2)cc1OCCN1CCOCC1. The zero-order chi connectivity index (χ0) is 34.0. The minimum Gasteiger partial charge on any atom is -0.493 e. The van der Waals surface area contributed by atoms with Gasteiger partial charge in [0, 0.05) is 52.2 Å². The maximum atomic E-state index is 13.3. The molecule has 12 nitrogen and oxygen atoms in total. The second kappa shape index (κ2) is 16.7. The Kier molecular flexibility index (Phi) is 11.7. The van der Waals surface area contributed by atoms with Crippen LogP contribution >= 0.6 is 0 Å². The van der Waals surface area contributed by atoms with Crippen LogP contribution in [0.1, 0.15) is 23.1 Å². The highest BCUT2D eigenvalue weighted by Crippen LogP contribution is 2.31. The predicted molar refractivity (Wildman–Crippen MR) is 182 cm³/mol. The monoisotopic (exact) mass is 674 g/mol. The highest BCUT2D eigenvalue weighted by Gasteiger charge is 2.35. The normalized spacial score (nSPS) is 20.8. The van der Waals surface area contributed by atoms with Crippen LogP contribution in [0.25, 0.3) is 0 Å². The Bertz CT molecular complexity index is 1560. The van der Waals surface area contributed by atoms with Crippen molar-refractivity contribution < 1.29 is 38.0 Å². The van der Waals surface area contributed by atoms with Crippen molar-refractivity contribution in [2.75, 3.05) is 73.4 Å². The number of nitrogens with zero attached hydrogens (tertiary/aromatic N) is 2. The zero-order valence-corrected chi connectivity index (χ0v) is 28.3. The van der Waals surface area contributed by atoms with Crippen molar-refractivity contribution in [1.29, 1.82) is 0 Å². The summed E-state index contributed by atoms with van der Waals surface area (Å²) >= 11 is 0. The van der Waals surface area contributed by atoms with E-state index < -0.39 is 0 Å². The molecule has 49 heavy (non-hydrogen) atoms. The molecule has 2 fully saturated rings. The first kappa shape index (κ1) is 34.3. The number of benzene rings is 3. The Labute approximate surface area is 287 Å². The van der Waals surface area contributed by atoms with Gasteiger partial charge in [-0.1, -0.05) is 24.3 Å². The first-order chi connectivity index (χ1) is 23.9. The Morgan fingerprint density at radius 3 is 2.41 bits per heavy atom. The molecule has 3 aromatic carbocycles. The van der Waals surface area contributed by atoms with Gasteiger partial charge in [-0.2, -0.15) is 0 Å². The number of hydrogen-bond donors (Lipinski definition) is 2. The summed E-state index contributed by atoms with van der Waals surface area (Å²) in [6.07, 6.45) is 0.555. The van der Waals surface area contributed by atoms with Gasteiger partial charge in [0.1, 0.15) is 18.5 Å². The van der Waals surface area contributed by atoms with Crippen LogP contribution in [-0.2, 0) is 33.8 Å². The van der Waals surface area contributed by atoms with E-state index in [-0.39, 0.29) is 30.6 Å². The summed E-state index contributed by atoms with van der Waals surface area (Å²) in [5, 5.41) is 6.15. The lowest BCUT2D eigenvalue weighted by Crippen LogP contribution is -2.45. The molecule has 9 rings (SSSR count). The molecular formula is C37H46N4O8. The molecule has 2 N–H and O–H groups in total. The average Bonchev–Trinajstić information content (AvgIpc) is 3.49. The van der Waals surface area contributed by atoms with Gasteiger partial charge < -0.3 is 39.1 Å². The lowest BCUT2D eigenvalue weighted by molar-refractivity contribution is -0.123. The zero-order valence-electron chi connectivity index (χ0n) is 28.3. The van der Waals surface area contributed by atoms with Crippen LogP contribution < -0.4 is 34.3 Å². The molecule has 4 bridgehead atoms. The summed E-state index contributed by atoms with van der Waals surface area (Å²) in [5.41, 5.74) is 2.94. The molecule has 0 saturated carbocycles. The van der Waals surface area contributed by atoms with E-state index in [1.165, 1.54) is 0 Å². The number of rotatable bonds is 8. The fourth-order valence-electron chi connectivity index (χ4n) is 6.32. The number of hydrogen-bond acceptors (Lipinski definition) is 10. The highest BCUT2D eigenvalue weighted by molar-refractivity contribution is 5.78. The molecule has 2 atom stereocenters. The van der Waals surface area contributed by atoms with E-state index in [0.717, 1.165) is 49.5 Å². The molecule has 0 unspecified atom stereocenters.